The standard InChI is InChI=1S/C18H28N6O/c1-11-12(2)21-24-10-19-20-18(24)17(11)23-8-13-6-15(22(3)4)16(25-5)7-14(13)9-23/h10,13-16H,6-9H2,1-5H3/t13-,14+,15-,16-/m1/s1. The van der Waals surface area contributed by atoms with E-state index in [0.29, 0.717) is 24.0 Å². The Morgan fingerprint density at radius 3 is 2.56 bits per heavy atom. The zero-order chi connectivity index (χ0) is 17.7. The van der Waals surface area contributed by atoms with E-state index < -0.39 is 0 Å². The van der Waals surface area contributed by atoms with Crippen molar-refractivity contribution in [3.63, 3.8) is 0 Å². The van der Waals surface area contributed by atoms with Gasteiger partial charge in [-0.15, -0.1) is 10.2 Å². The highest BCUT2D eigenvalue weighted by molar-refractivity contribution is 5.73. The Morgan fingerprint density at radius 1 is 1.16 bits per heavy atom. The summed E-state index contributed by atoms with van der Waals surface area (Å²) in [7, 11) is 6.18. The van der Waals surface area contributed by atoms with Gasteiger partial charge in [0.05, 0.1) is 17.5 Å². The highest BCUT2D eigenvalue weighted by Crippen LogP contribution is 2.41. The highest BCUT2D eigenvalue weighted by Gasteiger charge is 2.43. The molecule has 0 radical (unpaired) electrons. The number of ether oxygens (including phenoxy) is 1. The van der Waals surface area contributed by atoms with Crippen molar-refractivity contribution in [2.24, 2.45) is 11.8 Å². The Morgan fingerprint density at radius 2 is 1.88 bits per heavy atom. The molecule has 0 N–H and O–H groups in total. The van der Waals surface area contributed by atoms with E-state index in [0.717, 1.165) is 30.9 Å². The molecule has 2 aromatic heterocycles. The second-order valence-corrected chi connectivity index (χ2v) is 7.86. The summed E-state index contributed by atoms with van der Waals surface area (Å²) >= 11 is 0. The van der Waals surface area contributed by atoms with Crippen LogP contribution in [0.4, 0.5) is 5.69 Å². The largest absolute Gasteiger partial charge is 0.380 e. The molecule has 0 unspecified atom stereocenters. The first-order valence-corrected chi connectivity index (χ1v) is 9.11. The topological polar surface area (TPSA) is 58.8 Å². The number of aromatic nitrogens is 4. The van der Waals surface area contributed by atoms with E-state index in [4.69, 9.17) is 4.74 Å². The third-order valence-electron chi connectivity index (χ3n) is 6.27. The van der Waals surface area contributed by atoms with E-state index >= 15 is 0 Å². The Bertz CT molecular complexity index is 772. The van der Waals surface area contributed by atoms with E-state index in [1.165, 1.54) is 17.7 Å². The number of hydrogen-bond acceptors (Lipinski definition) is 6. The molecular weight excluding hydrogens is 316 g/mol. The van der Waals surface area contributed by atoms with Gasteiger partial charge in [0, 0.05) is 26.2 Å². The summed E-state index contributed by atoms with van der Waals surface area (Å²) in [4.78, 5) is 4.83. The van der Waals surface area contributed by atoms with Crippen molar-refractivity contribution in [1.29, 1.82) is 0 Å². The van der Waals surface area contributed by atoms with Crippen LogP contribution in [0.1, 0.15) is 24.1 Å². The Hall–Kier alpha value is -1.73. The molecule has 3 heterocycles. The Balaban J connectivity index is 1.65. The number of nitrogens with zero attached hydrogens (tertiary/aromatic N) is 6. The monoisotopic (exact) mass is 344 g/mol. The molecule has 136 valence electrons. The summed E-state index contributed by atoms with van der Waals surface area (Å²) in [6.07, 6.45) is 4.34. The number of fused-ring (bicyclic) bond motifs is 2. The normalized spacial score (nSPS) is 29.6. The van der Waals surface area contributed by atoms with Crippen LogP contribution in [-0.4, -0.2) is 71.2 Å². The van der Waals surface area contributed by atoms with Gasteiger partial charge in [-0.05, 0) is 58.2 Å². The minimum Gasteiger partial charge on any atom is -0.380 e. The van der Waals surface area contributed by atoms with Crippen LogP contribution in [0, 0.1) is 25.7 Å². The molecule has 0 aromatic carbocycles. The van der Waals surface area contributed by atoms with Gasteiger partial charge in [-0.3, -0.25) is 0 Å². The molecule has 1 aliphatic heterocycles. The van der Waals surface area contributed by atoms with Crippen LogP contribution in [0.2, 0.25) is 0 Å². The number of aryl methyl sites for hydroxylation is 1. The second kappa shape index (κ2) is 6.21. The molecule has 7 heteroatoms. The smallest absolute Gasteiger partial charge is 0.201 e. The number of likely N-dealkylation sites (N-methyl/N-ethyl adjacent to an activating group) is 1. The number of rotatable bonds is 3. The van der Waals surface area contributed by atoms with E-state index in [2.05, 4.69) is 53.0 Å². The molecule has 4 rings (SSSR count). The molecule has 1 aliphatic carbocycles. The number of methoxy groups -OCH3 is 1. The van der Waals surface area contributed by atoms with Crippen LogP contribution in [-0.2, 0) is 4.74 Å². The first kappa shape index (κ1) is 16.7. The summed E-state index contributed by atoms with van der Waals surface area (Å²) < 4.78 is 7.62. The molecule has 1 saturated carbocycles. The van der Waals surface area contributed by atoms with Crippen LogP contribution in [0.25, 0.3) is 5.65 Å². The molecule has 2 aliphatic rings. The van der Waals surface area contributed by atoms with Gasteiger partial charge in [-0.25, -0.2) is 0 Å². The van der Waals surface area contributed by atoms with E-state index in [1.54, 1.807) is 10.8 Å². The average molecular weight is 344 g/mol. The molecule has 2 fully saturated rings. The van der Waals surface area contributed by atoms with E-state index in [1.807, 2.05) is 7.11 Å². The fourth-order valence-electron chi connectivity index (χ4n) is 4.78. The van der Waals surface area contributed by atoms with Gasteiger partial charge in [0.2, 0.25) is 5.65 Å². The van der Waals surface area contributed by atoms with Gasteiger partial charge in [0.15, 0.2) is 0 Å². The molecule has 0 bridgehead atoms. The average Bonchev–Trinajstić information content (AvgIpc) is 3.20. The van der Waals surface area contributed by atoms with E-state index in [-0.39, 0.29) is 0 Å². The molecule has 4 atom stereocenters. The fourth-order valence-corrected chi connectivity index (χ4v) is 4.78. The van der Waals surface area contributed by atoms with Gasteiger partial charge in [0.1, 0.15) is 6.33 Å². The van der Waals surface area contributed by atoms with E-state index in [9.17, 15) is 0 Å². The van der Waals surface area contributed by atoms with Crippen molar-refractivity contribution in [3.05, 3.63) is 17.6 Å². The van der Waals surface area contributed by atoms with Crippen LogP contribution in [0.5, 0.6) is 0 Å². The SMILES string of the molecule is CO[C@@H]1C[C@H]2CN(c3c(C)c(C)nn4cnnc34)C[C@H]2C[C@H]1N(C)C. The first-order valence-electron chi connectivity index (χ1n) is 9.11. The molecule has 7 nitrogen and oxygen atoms in total. The lowest BCUT2D eigenvalue weighted by Gasteiger charge is -2.40. The lowest BCUT2D eigenvalue weighted by atomic mass is 9.77. The molecule has 2 aromatic rings. The number of anilines is 1. The maximum Gasteiger partial charge on any atom is 0.201 e. The van der Waals surface area contributed by atoms with Gasteiger partial charge >= 0.3 is 0 Å². The van der Waals surface area contributed by atoms with Crippen LogP contribution < -0.4 is 4.90 Å². The summed E-state index contributed by atoms with van der Waals surface area (Å²) in [5, 5.41) is 13.0. The molecule has 0 amide bonds. The van der Waals surface area contributed by atoms with Crippen molar-refractivity contribution < 1.29 is 4.74 Å². The quantitative estimate of drug-likeness (QED) is 0.842. The summed E-state index contributed by atoms with van der Waals surface area (Å²) in [6.45, 7) is 6.36. The van der Waals surface area contributed by atoms with Crippen molar-refractivity contribution in [3.8, 4) is 0 Å². The van der Waals surface area contributed by atoms with Crippen LogP contribution in [0.15, 0.2) is 6.33 Å². The summed E-state index contributed by atoms with van der Waals surface area (Å²) in [6, 6.07) is 0.500. The van der Waals surface area contributed by atoms with Gasteiger partial charge in [-0.2, -0.15) is 9.61 Å². The summed E-state index contributed by atoms with van der Waals surface area (Å²) in [5.74, 6) is 1.38. The summed E-state index contributed by atoms with van der Waals surface area (Å²) in [5.41, 5.74) is 4.33. The predicted molar refractivity (Wildman–Crippen MR) is 97.0 cm³/mol. The Labute approximate surface area is 149 Å². The van der Waals surface area contributed by atoms with Crippen LogP contribution in [0.3, 0.4) is 0 Å². The first-order chi connectivity index (χ1) is 12.0. The van der Waals surface area contributed by atoms with Crippen molar-refractivity contribution in [2.75, 3.05) is 39.2 Å². The zero-order valence-corrected chi connectivity index (χ0v) is 15.8. The fraction of sp³-hybridized carbons (Fsp3) is 0.722. The lowest BCUT2D eigenvalue weighted by Crippen LogP contribution is -2.47. The third kappa shape index (κ3) is 2.69. The number of hydrogen-bond donors (Lipinski definition) is 0. The highest BCUT2D eigenvalue weighted by atomic mass is 16.5. The van der Waals surface area contributed by atoms with Gasteiger partial charge in [0.25, 0.3) is 0 Å². The molecular formula is C18H28N6O. The van der Waals surface area contributed by atoms with Gasteiger partial charge in [-0.1, -0.05) is 0 Å². The molecule has 0 spiro atoms. The Kier molecular flexibility index (Phi) is 4.16. The maximum absolute atomic E-state index is 5.82. The second-order valence-electron chi connectivity index (χ2n) is 7.86. The lowest BCUT2D eigenvalue weighted by molar-refractivity contribution is -0.0209. The van der Waals surface area contributed by atoms with Crippen molar-refractivity contribution in [2.45, 2.75) is 38.8 Å². The third-order valence-corrected chi connectivity index (χ3v) is 6.27. The minimum atomic E-state index is 0.324. The minimum absolute atomic E-state index is 0.324. The maximum atomic E-state index is 5.82. The van der Waals surface area contributed by atoms with Crippen LogP contribution >= 0.6 is 0 Å². The predicted octanol–water partition coefficient (Wildman–Crippen LogP) is 1.53. The van der Waals surface area contributed by atoms with Gasteiger partial charge < -0.3 is 14.5 Å². The molecule has 1 saturated heterocycles. The zero-order valence-electron chi connectivity index (χ0n) is 15.8. The van der Waals surface area contributed by atoms with Crippen molar-refractivity contribution >= 4 is 11.3 Å². The molecule has 25 heavy (non-hydrogen) atoms. The van der Waals surface area contributed by atoms with Crippen molar-refractivity contribution in [1.82, 2.24) is 24.7 Å².